The smallest absolute Gasteiger partial charge is 0.229 e. The fourth-order valence-corrected chi connectivity index (χ4v) is 2.94. The van der Waals surface area contributed by atoms with Gasteiger partial charge in [-0.15, -0.1) is 0 Å². The molecule has 1 heterocycles. The molecular weight excluding hydrogens is 344 g/mol. The Kier molecular flexibility index (Phi) is 6.02. The molecule has 3 rings (SSSR count). The zero-order valence-electron chi connectivity index (χ0n) is 14.0. The van der Waals surface area contributed by atoms with Gasteiger partial charge in [-0.2, -0.15) is 0 Å². The lowest BCUT2D eigenvalue weighted by Crippen LogP contribution is -2.09. The molecule has 6 heteroatoms. The van der Waals surface area contributed by atoms with Crippen LogP contribution in [0.4, 0.5) is 5.69 Å². The molecule has 0 saturated carbocycles. The summed E-state index contributed by atoms with van der Waals surface area (Å²) < 4.78 is 24.6. The summed E-state index contributed by atoms with van der Waals surface area (Å²) in [4.78, 5) is 4.34. The van der Waals surface area contributed by atoms with Gasteiger partial charge in [-0.3, -0.25) is 9.71 Å². The Morgan fingerprint density at radius 2 is 2.00 bits per heavy atom. The highest BCUT2D eigenvalue weighted by molar-refractivity contribution is 7.92. The fourth-order valence-electron chi connectivity index (χ4n) is 2.22. The summed E-state index contributed by atoms with van der Waals surface area (Å²) in [5.74, 6) is 0.543. The maximum absolute atomic E-state index is 11.1. The topological polar surface area (TPSA) is 59.1 Å². The van der Waals surface area contributed by atoms with Gasteiger partial charge in [-0.1, -0.05) is 36.7 Å². The number of hydrogen-bond donors (Lipinski definition) is 1. The summed E-state index contributed by atoms with van der Waals surface area (Å²) in [5.41, 5.74) is 2.36. The summed E-state index contributed by atoms with van der Waals surface area (Å²) in [6.07, 6.45) is 8.31. The first-order valence-corrected chi connectivity index (χ1v) is 9.89. The number of nitrogens with zero attached hydrogens (tertiary/aromatic N) is 1. The second kappa shape index (κ2) is 7.81. The minimum atomic E-state index is -3.22. The van der Waals surface area contributed by atoms with Crippen LogP contribution in [0.2, 0.25) is 0 Å². The van der Waals surface area contributed by atoms with Gasteiger partial charge in [0.1, 0.15) is 0 Å². The predicted octanol–water partition coefficient (Wildman–Crippen LogP) is 4.62. The average Bonchev–Trinajstić information content (AvgIpc) is 2.50. The number of fused-ring (bicyclic) bond motifs is 1. The SMILES string of the molecule is CC1CC=CC=C1Cl.Cc1ccc2cc(NS(C)(=O)=O)ccc2n1. The van der Waals surface area contributed by atoms with Gasteiger partial charge in [0.05, 0.1) is 11.8 Å². The number of pyridine rings is 1. The largest absolute Gasteiger partial charge is 0.284 e. The van der Waals surface area contributed by atoms with Crippen molar-refractivity contribution in [2.24, 2.45) is 5.92 Å². The maximum atomic E-state index is 11.1. The summed E-state index contributed by atoms with van der Waals surface area (Å²) in [6, 6.07) is 9.09. The van der Waals surface area contributed by atoms with Crippen LogP contribution in [0.15, 0.2) is 53.6 Å². The number of aryl methyl sites for hydroxylation is 1. The fraction of sp³-hybridized carbons (Fsp3) is 0.278. The van der Waals surface area contributed by atoms with Crippen LogP contribution in [0.1, 0.15) is 19.0 Å². The van der Waals surface area contributed by atoms with Gasteiger partial charge >= 0.3 is 0 Å². The van der Waals surface area contributed by atoms with E-state index in [0.717, 1.165) is 34.3 Å². The Morgan fingerprint density at radius 1 is 1.25 bits per heavy atom. The summed E-state index contributed by atoms with van der Waals surface area (Å²) in [7, 11) is -3.22. The van der Waals surface area contributed by atoms with E-state index in [2.05, 4.69) is 22.7 Å². The monoisotopic (exact) mass is 364 g/mol. The molecule has 24 heavy (non-hydrogen) atoms. The molecule has 1 N–H and O–H groups in total. The van der Waals surface area contributed by atoms with Gasteiger partial charge in [-0.25, -0.2) is 8.42 Å². The van der Waals surface area contributed by atoms with Crippen molar-refractivity contribution >= 4 is 38.2 Å². The van der Waals surface area contributed by atoms with Gasteiger partial charge < -0.3 is 0 Å². The van der Waals surface area contributed by atoms with E-state index in [1.165, 1.54) is 0 Å². The van der Waals surface area contributed by atoms with Crippen LogP contribution >= 0.6 is 11.6 Å². The Bertz CT molecular complexity index is 889. The molecule has 0 fully saturated rings. The normalized spacial score (nSPS) is 17.0. The van der Waals surface area contributed by atoms with E-state index < -0.39 is 10.0 Å². The number of rotatable bonds is 2. The Balaban J connectivity index is 0.000000219. The van der Waals surface area contributed by atoms with Crippen molar-refractivity contribution in [3.05, 3.63) is 59.3 Å². The van der Waals surface area contributed by atoms with E-state index in [9.17, 15) is 8.42 Å². The van der Waals surface area contributed by atoms with Gasteiger partial charge in [-0.05, 0) is 49.6 Å². The molecular formula is C18H21ClN2O2S. The molecule has 0 radical (unpaired) electrons. The number of sulfonamides is 1. The number of nitrogens with one attached hydrogen (secondary N) is 1. The van der Waals surface area contributed by atoms with Crippen molar-refractivity contribution in [3.8, 4) is 0 Å². The third-order valence-corrected chi connectivity index (χ3v) is 4.59. The zero-order valence-corrected chi connectivity index (χ0v) is 15.5. The second-order valence-corrected chi connectivity index (χ2v) is 8.04. The molecule has 1 aliphatic carbocycles. The highest BCUT2D eigenvalue weighted by Gasteiger charge is 2.05. The van der Waals surface area contributed by atoms with E-state index in [1.807, 2.05) is 31.2 Å². The molecule has 4 nitrogen and oxygen atoms in total. The average molecular weight is 365 g/mol. The summed E-state index contributed by atoms with van der Waals surface area (Å²) in [6.45, 7) is 4.05. The molecule has 0 spiro atoms. The van der Waals surface area contributed by atoms with Gasteiger partial charge in [0.2, 0.25) is 10.0 Å². The summed E-state index contributed by atoms with van der Waals surface area (Å²) in [5, 5.41) is 1.90. The lowest BCUT2D eigenvalue weighted by atomic mass is 10.0. The van der Waals surface area contributed by atoms with Crippen molar-refractivity contribution in [2.75, 3.05) is 11.0 Å². The number of aromatic nitrogens is 1. The van der Waals surface area contributed by atoms with E-state index >= 15 is 0 Å². The molecule has 0 bridgehead atoms. The first-order valence-electron chi connectivity index (χ1n) is 7.62. The third kappa shape index (κ3) is 5.65. The Hall–Kier alpha value is -1.85. The molecule has 0 saturated heterocycles. The van der Waals surface area contributed by atoms with E-state index in [4.69, 9.17) is 11.6 Å². The number of halogens is 1. The molecule has 1 aromatic heterocycles. The van der Waals surface area contributed by atoms with Crippen molar-refractivity contribution in [1.29, 1.82) is 0 Å². The van der Waals surface area contributed by atoms with Crippen LogP contribution in [0.5, 0.6) is 0 Å². The van der Waals surface area contributed by atoms with Gasteiger partial charge in [0, 0.05) is 21.8 Å². The number of allylic oxidation sites excluding steroid dienone is 4. The first-order chi connectivity index (χ1) is 11.2. The first kappa shape index (κ1) is 18.5. The standard InChI is InChI=1S/C11H12N2O2S.C7H9Cl/c1-8-3-4-9-7-10(13-16(2,14)15)5-6-11(9)12-8;1-6-4-2-3-5-7(6)8/h3-7,13H,1-2H3;2-3,5-6H,4H2,1H3. The highest BCUT2D eigenvalue weighted by Crippen LogP contribution is 2.22. The van der Waals surface area contributed by atoms with Gasteiger partial charge in [0.15, 0.2) is 0 Å². The predicted molar refractivity (Wildman–Crippen MR) is 102 cm³/mol. The molecule has 0 aliphatic heterocycles. The van der Waals surface area contributed by atoms with Crippen LogP contribution in [-0.4, -0.2) is 19.7 Å². The lowest BCUT2D eigenvalue weighted by Gasteiger charge is -2.08. The van der Waals surface area contributed by atoms with Crippen LogP contribution in [0, 0.1) is 12.8 Å². The number of hydrogen-bond acceptors (Lipinski definition) is 3. The van der Waals surface area contributed by atoms with Crippen LogP contribution in [0.25, 0.3) is 10.9 Å². The Labute approximate surface area is 148 Å². The van der Waals surface area contributed by atoms with Crippen molar-refractivity contribution in [2.45, 2.75) is 20.3 Å². The molecule has 0 amide bonds. The van der Waals surface area contributed by atoms with E-state index in [1.54, 1.807) is 18.2 Å². The molecule has 1 aliphatic rings. The minimum Gasteiger partial charge on any atom is -0.284 e. The second-order valence-electron chi connectivity index (χ2n) is 5.85. The highest BCUT2D eigenvalue weighted by atomic mass is 35.5. The van der Waals surface area contributed by atoms with E-state index in [-0.39, 0.29) is 0 Å². The van der Waals surface area contributed by atoms with Gasteiger partial charge in [0.25, 0.3) is 0 Å². The number of benzene rings is 1. The van der Waals surface area contributed by atoms with Crippen molar-refractivity contribution in [3.63, 3.8) is 0 Å². The quantitative estimate of drug-likeness (QED) is 0.845. The van der Waals surface area contributed by atoms with Crippen molar-refractivity contribution in [1.82, 2.24) is 4.98 Å². The van der Waals surface area contributed by atoms with Crippen molar-refractivity contribution < 1.29 is 8.42 Å². The van der Waals surface area contributed by atoms with Crippen LogP contribution in [-0.2, 0) is 10.0 Å². The Morgan fingerprint density at radius 3 is 2.58 bits per heavy atom. The minimum absolute atomic E-state index is 0.543. The van der Waals surface area contributed by atoms with E-state index in [0.29, 0.717) is 11.6 Å². The lowest BCUT2D eigenvalue weighted by molar-refractivity contribution is 0.607. The molecule has 2 aromatic rings. The number of anilines is 1. The third-order valence-electron chi connectivity index (χ3n) is 3.48. The zero-order chi connectivity index (χ0) is 17.7. The molecule has 1 atom stereocenters. The van der Waals surface area contributed by atoms with Crippen LogP contribution < -0.4 is 4.72 Å². The molecule has 1 unspecified atom stereocenters. The molecule has 1 aromatic carbocycles. The summed E-state index contributed by atoms with van der Waals surface area (Å²) >= 11 is 5.78. The maximum Gasteiger partial charge on any atom is 0.229 e. The molecule has 128 valence electrons. The van der Waals surface area contributed by atoms with Crippen LogP contribution in [0.3, 0.4) is 0 Å².